The van der Waals surface area contributed by atoms with Crippen molar-refractivity contribution in [3.63, 3.8) is 0 Å². The number of amides is 1. The van der Waals surface area contributed by atoms with Gasteiger partial charge in [0.05, 0.1) is 13.0 Å². The van der Waals surface area contributed by atoms with Crippen molar-refractivity contribution in [2.75, 3.05) is 20.2 Å². The second-order valence-corrected chi connectivity index (χ2v) is 3.98. The Kier molecular flexibility index (Phi) is 5.35. The van der Waals surface area contributed by atoms with E-state index < -0.39 is 0 Å². The molecular weight excluding hydrogens is 234 g/mol. The molecule has 0 aliphatic heterocycles. The van der Waals surface area contributed by atoms with Gasteiger partial charge >= 0.3 is 5.97 Å². The Morgan fingerprint density at radius 1 is 1.50 bits per heavy atom. The Morgan fingerprint density at radius 3 is 2.78 bits per heavy atom. The molecule has 1 heterocycles. The van der Waals surface area contributed by atoms with E-state index in [9.17, 15) is 9.59 Å². The van der Waals surface area contributed by atoms with Crippen molar-refractivity contribution in [1.29, 1.82) is 0 Å². The summed E-state index contributed by atoms with van der Waals surface area (Å²) >= 11 is 0. The van der Waals surface area contributed by atoms with E-state index in [4.69, 9.17) is 4.74 Å². The van der Waals surface area contributed by atoms with Gasteiger partial charge in [0.15, 0.2) is 0 Å². The first kappa shape index (κ1) is 14.2. The van der Waals surface area contributed by atoms with Crippen LogP contribution in [-0.4, -0.2) is 46.8 Å². The number of nitrogens with zero attached hydrogens (tertiary/aromatic N) is 3. The summed E-state index contributed by atoms with van der Waals surface area (Å²) in [5, 5.41) is 4.02. The lowest BCUT2D eigenvalue weighted by Crippen LogP contribution is -2.35. The van der Waals surface area contributed by atoms with Crippen molar-refractivity contribution in [2.24, 2.45) is 0 Å². The number of carbonyl (C=O) groups excluding carboxylic acids is 2. The maximum absolute atomic E-state index is 12.0. The number of carbonyl (C=O) groups is 2. The fourth-order valence-corrected chi connectivity index (χ4v) is 1.54. The van der Waals surface area contributed by atoms with E-state index in [2.05, 4.69) is 5.10 Å². The number of rotatable bonds is 6. The minimum atomic E-state index is -0.368. The lowest BCUT2D eigenvalue weighted by Gasteiger charge is -2.21. The largest absolute Gasteiger partial charge is 0.466 e. The zero-order valence-electron chi connectivity index (χ0n) is 11.0. The lowest BCUT2D eigenvalue weighted by molar-refractivity contribution is -0.144. The van der Waals surface area contributed by atoms with Gasteiger partial charge in [-0.3, -0.25) is 14.3 Å². The first-order chi connectivity index (χ1) is 8.56. The van der Waals surface area contributed by atoms with Crippen LogP contribution in [0.3, 0.4) is 0 Å². The summed E-state index contributed by atoms with van der Waals surface area (Å²) in [6.45, 7) is 4.24. The van der Waals surface area contributed by atoms with E-state index in [1.54, 1.807) is 44.0 Å². The Bertz CT molecular complexity index is 389. The summed E-state index contributed by atoms with van der Waals surface area (Å²) in [6, 6.07) is 1.40. The van der Waals surface area contributed by atoms with Crippen LogP contribution in [0.25, 0.3) is 0 Å². The molecule has 0 saturated carbocycles. The van der Waals surface area contributed by atoms with Crippen LogP contribution >= 0.6 is 0 Å². The molecule has 1 rings (SSSR count). The zero-order valence-corrected chi connectivity index (χ0v) is 11.0. The average Bonchev–Trinajstić information content (AvgIpc) is 2.88. The molecule has 0 N–H and O–H groups in total. The van der Waals surface area contributed by atoms with Crippen LogP contribution in [0.5, 0.6) is 0 Å². The monoisotopic (exact) mass is 253 g/mol. The minimum absolute atomic E-state index is 0.0806. The molecule has 6 heteroatoms. The normalized spacial score (nSPS) is 11.9. The van der Waals surface area contributed by atoms with Gasteiger partial charge in [0.1, 0.15) is 6.04 Å². The van der Waals surface area contributed by atoms with Crippen LogP contribution < -0.4 is 0 Å². The van der Waals surface area contributed by atoms with Crippen molar-refractivity contribution in [3.05, 3.63) is 18.5 Å². The molecule has 0 saturated heterocycles. The van der Waals surface area contributed by atoms with Gasteiger partial charge in [0.2, 0.25) is 5.91 Å². The third-order valence-electron chi connectivity index (χ3n) is 2.61. The molecule has 1 atom stereocenters. The summed E-state index contributed by atoms with van der Waals surface area (Å²) in [6.07, 6.45) is 3.58. The summed E-state index contributed by atoms with van der Waals surface area (Å²) in [5.41, 5.74) is 0. The first-order valence-corrected chi connectivity index (χ1v) is 5.96. The van der Waals surface area contributed by atoms with E-state index in [1.807, 2.05) is 0 Å². The predicted molar refractivity (Wildman–Crippen MR) is 65.8 cm³/mol. The Hall–Kier alpha value is -1.85. The quantitative estimate of drug-likeness (QED) is 0.705. The fraction of sp³-hybridized carbons (Fsp3) is 0.583. The highest BCUT2D eigenvalue weighted by Gasteiger charge is 2.19. The SMILES string of the molecule is CCOC(=O)CCN(C)C(=O)C(C)n1cccn1. The number of likely N-dealkylation sites (N-methyl/N-ethyl adjacent to an activating group) is 1. The van der Waals surface area contributed by atoms with Crippen molar-refractivity contribution in [3.8, 4) is 0 Å². The van der Waals surface area contributed by atoms with Crippen molar-refractivity contribution >= 4 is 11.9 Å². The van der Waals surface area contributed by atoms with Crippen LogP contribution in [0.4, 0.5) is 0 Å². The molecule has 0 bridgehead atoms. The number of hydrogen-bond acceptors (Lipinski definition) is 4. The Labute approximate surface area is 107 Å². The highest BCUT2D eigenvalue weighted by molar-refractivity contribution is 5.80. The molecule has 0 radical (unpaired) electrons. The predicted octanol–water partition coefficient (Wildman–Crippen LogP) is 0.856. The minimum Gasteiger partial charge on any atom is -0.466 e. The van der Waals surface area contributed by atoms with Crippen molar-refractivity contribution in [1.82, 2.24) is 14.7 Å². The molecule has 0 aliphatic rings. The number of esters is 1. The number of ether oxygens (including phenoxy) is 1. The van der Waals surface area contributed by atoms with E-state index in [-0.39, 0.29) is 24.3 Å². The molecule has 1 unspecified atom stereocenters. The van der Waals surface area contributed by atoms with Gasteiger partial charge in [-0.1, -0.05) is 0 Å². The van der Waals surface area contributed by atoms with Gasteiger partial charge in [0, 0.05) is 26.0 Å². The third kappa shape index (κ3) is 3.87. The van der Waals surface area contributed by atoms with Gasteiger partial charge in [-0.15, -0.1) is 0 Å². The topological polar surface area (TPSA) is 64.4 Å². The average molecular weight is 253 g/mol. The Morgan fingerprint density at radius 2 is 2.22 bits per heavy atom. The molecule has 6 nitrogen and oxygen atoms in total. The molecule has 100 valence electrons. The molecule has 1 aromatic heterocycles. The molecule has 0 fully saturated rings. The Balaban J connectivity index is 2.44. The molecule has 18 heavy (non-hydrogen) atoms. The standard InChI is InChI=1S/C12H19N3O3/c1-4-18-11(16)6-9-14(3)12(17)10(2)15-8-5-7-13-15/h5,7-8,10H,4,6,9H2,1-3H3. The van der Waals surface area contributed by atoms with Crippen molar-refractivity contribution < 1.29 is 14.3 Å². The van der Waals surface area contributed by atoms with E-state index in [0.29, 0.717) is 13.2 Å². The zero-order chi connectivity index (χ0) is 13.5. The second kappa shape index (κ2) is 6.78. The first-order valence-electron chi connectivity index (χ1n) is 5.96. The lowest BCUT2D eigenvalue weighted by atomic mass is 10.3. The molecule has 1 aromatic rings. The number of hydrogen-bond donors (Lipinski definition) is 0. The van der Waals surface area contributed by atoms with Crippen molar-refractivity contribution in [2.45, 2.75) is 26.3 Å². The third-order valence-corrected chi connectivity index (χ3v) is 2.61. The van der Waals surface area contributed by atoms with E-state index in [0.717, 1.165) is 0 Å². The summed E-state index contributed by atoms with van der Waals surface area (Å²) < 4.78 is 6.40. The van der Waals surface area contributed by atoms with Crippen LogP contribution in [0, 0.1) is 0 Å². The molecule has 0 aliphatic carbocycles. The molecule has 0 spiro atoms. The van der Waals surface area contributed by atoms with Crippen LogP contribution in [-0.2, 0) is 14.3 Å². The maximum atomic E-state index is 12.0. The highest BCUT2D eigenvalue weighted by Crippen LogP contribution is 2.07. The summed E-state index contributed by atoms with van der Waals surface area (Å²) in [4.78, 5) is 24.7. The molecular formula is C12H19N3O3. The van der Waals surface area contributed by atoms with Crippen LogP contribution in [0.15, 0.2) is 18.5 Å². The summed E-state index contributed by atoms with van der Waals surface area (Å²) in [5.74, 6) is -0.369. The van der Waals surface area contributed by atoms with Gasteiger partial charge in [-0.25, -0.2) is 0 Å². The highest BCUT2D eigenvalue weighted by atomic mass is 16.5. The van der Waals surface area contributed by atoms with Gasteiger partial charge < -0.3 is 9.64 Å². The summed E-state index contributed by atoms with van der Waals surface area (Å²) in [7, 11) is 1.67. The second-order valence-electron chi connectivity index (χ2n) is 3.98. The van der Waals surface area contributed by atoms with E-state index >= 15 is 0 Å². The fourth-order valence-electron chi connectivity index (χ4n) is 1.54. The van der Waals surface area contributed by atoms with Gasteiger partial charge in [0.25, 0.3) is 0 Å². The van der Waals surface area contributed by atoms with Gasteiger partial charge in [-0.05, 0) is 19.9 Å². The number of aromatic nitrogens is 2. The van der Waals surface area contributed by atoms with Crippen LogP contribution in [0.2, 0.25) is 0 Å². The maximum Gasteiger partial charge on any atom is 0.307 e. The van der Waals surface area contributed by atoms with E-state index in [1.165, 1.54) is 4.90 Å². The van der Waals surface area contributed by atoms with Gasteiger partial charge in [-0.2, -0.15) is 5.10 Å². The smallest absolute Gasteiger partial charge is 0.307 e. The molecule has 0 aromatic carbocycles. The molecule has 1 amide bonds. The van der Waals surface area contributed by atoms with Crippen LogP contribution in [0.1, 0.15) is 26.3 Å².